The van der Waals surface area contributed by atoms with Gasteiger partial charge in [0.05, 0.1) is 21.4 Å². The summed E-state index contributed by atoms with van der Waals surface area (Å²) < 4.78 is 25.7. The Balaban J connectivity index is 2.22. The van der Waals surface area contributed by atoms with Gasteiger partial charge < -0.3 is 5.73 Å². The third-order valence-electron chi connectivity index (χ3n) is 3.01. The van der Waals surface area contributed by atoms with E-state index in [1.807, 2.05) is 25.1 Å². The van der Waals surface area contributed by atoms with Gasteiger partial charge in [-0.2, -0.15) is 0 Å². The highest BCUT2D eigenvalue weighted by Crippen LogP contribution is 2.18. The lowest BCUT2D eigenvalue weighted by Gasteiger charge is -2.08. The van der Waals surface area contributed by atoms with E-state index in [-0.39, 0.29) is 4.90 Å². The lowest BCUT2D eigenvalue weighted by molar-refractivity contribution is 0.595. The fourth-order valence-corrected chi connectivity index (χ4v) is 3.17. The first-order valence-electron chi connectivity index (χ1n) is 6.03. The van der Waals surface area contributed by atoms with Crippen molar-refractivity contribution in [2.75, 3.05) is 0 Å². The quantitative estimate of drug-likeness (QED) is 0.933. The van der Waals surface area contributed by atoms with Crippen LogP contribution in [0.25, 0.3) is 0 Å². The molecule has 4 heteroatoms. The monoisotopic (exact) mass is 277 g/mol. The van der Waals surface area contributed by atoms with E-state index in [9.17, 15) is 8.60 Å². The number of hydrogen-bond donors (Lipinski definition) is 1. The molecule has 0 aliphatic heterocycles. The molecule has 2 rings (SSSR count). The zero-order chi connectivity index (χ0) is 13.8. The van der Waals surface area contributed by atoms with Crippen molar-refractivity contribution in [3.8, 4) is 0 Å². The van der Waals surface area contributed by atoms with E-state index in [0.29, 0.717) is 12.3 Å². The van der Waals surface area contributed by atoms with Crippen molar-refractivity contribution in [3.05, 3.63) is 65.0 Å². The summed E-state index contributed by atoms with van der Waals surface area (Å²) in [5.74, 6) is -0.102. The summed E-state index contributed by atoms with van der Waals surface area (Å²) in [5.41, 5.74) is 8.60. The molecule has 0 saturated carbocycles. The maximum absolute atomic E-state index is 13.6. The third kappa shape index (κ3) is 3.28. The van der Waals surface area contributed by atoms with Crippen LogP contribution in [0.4, 0.5) is 4.39 Å². The summed E-state index contributed by atoms with van der Waals surface area (Å²) in [6.45, 7) is 2.44. The van der Waals surface area contributed by atoms with Crippen LogP contribution in [-0.2, 0) is 23.1 Å². The molecule has 0 fully saturated rings. The van der Waals surface area contributed by atoms with Crippen LogP contribution in [0.1, 0.15) is 16.7 Å². The maximum atomic E-state index is 13.6. The molecule has 2 N–H and O–H groups in total. The SMILES string of the molecule is Cc1cc(CN)ccc1CS(=O)c1ccccc1F. The second kappa shape index (κ2) is 6.08. The molecular weight excluding hydrogens is 261 g/mol. The standard InChI is InChI=1S/C15H16FNOS/c1-11-8-12(9-17)6-7-13(11)10-19(18)15-5-3-2-4-14(15)16/h2-8H,9-10,17H2,1H3. The predicted octanol–water partition coefficient (Wildman–Crippen LogP) is 2.90. The van der Waals surface area contributed by atoms with Crippen LogP contribution in [0.5, 0.6) is 0 Å². The number of benzene rings is 2. The first-order valence-corrected chi connectivity index (χ1v) is 7.35. The van der Waals surface area contributed by atoms with Gasteiger partial charge >= 0.3 is 0 Å². The molecular formula is C15H16FNOS. The number of rotatable bonds is 4. The first-order chi connectivity index (χ1) is 9.11. The topological polar surface area (TPSA) is 43.1 Å². The van der Waals surface area contributed by atoms with E-state index in [2.05, 4.69) is 0 Å². The number of aryl methyl sites for hydroxylation is 1. The van der Waals surface area contributed by atoms with Gasteiger partial charge in [0.1, 0.15) is 5.82 Å². The number of nitrogens with two attached hydrogens (primary N) is 1. The Bertz CT molecular complexity index is 613. The summed E-state index contributed by atoms with van der Waals surface area (Å²) in [7, 11) is -1.37. The minimum Gasteiger partial charge on any atom is -0.326 e. The second-order valence-corrected chi connectivity index (χ2v) is 5.80. The van der Waals surface area contributed by atoms with Crippen LogP contribution in [0.2, 0.25) is 0 Å². The van der Waals surface area contributed by atoms with Gasteiger partial charge in [-0.3, -0.25) is 4.21 Å². The van der Waals surface area contributed by atoms with Crippen LogP contribution in [0.15, 0.2) is 47.4 Å². The molecule has 2 aromatic carbocycles. The highest BCUT2D eigenvalue weighted by Gasteiger charge is 2.11. The fourth-order valence-electron chi connectivity index (χ4n) is 1.90. The van der Waals surface area contributed by atoms with Crippen molar-refractivity contribution < 1.29 is 8.60 Å². The van der Waals surface area contributed by atoms with Gasteiger partial charge in [-0.05, 0) is 35.7 Å². The third-order valence-corrected chi connectivity index (χ3v) is 4.41. The molecule has 0 aromatic heterocycles. The summed E-state index contributed by atoms with van der Waals surface area (Å²) in [4.78, 5) is 0.254. The van der Waals surface area contributed by atoms with Gasteiger partial charge in [-0.25, -0.2) is 4.39 Å². The van der Waals surface area contributed by atoms with Crippen LogP contribution in [0.3, 0.4) is 0 Å². The second-order valence-electron chi connectivity index (χ2n) is 4.39. The fraction of sp³-hybridized carbons (Fsp3) is 0.200. The van der Waals surface area contributed by atoms with E-state index in [1.165, 1.54) is 6.07 Å². The molecule has 0 saturated heterocycles. The molecule has 0 aliphatic rings. The smallest absolute Gasteiger partial charge is 0.139 e. The largest absolute Gasteiger partial charge is 0.326 e. The highest BCUT2D eigenvalue weighted by atomic mass is 32.2. The molecule has 0 radical (unpaired) electrons. The molecule has 1 atom stereocenters. The van der Waals surface area contributed by atoms with E-state index in [4.69, 9.17) is 5.73 Å². The Morgan fingerprint density at radius 3 is 2.58 bits per heavy atom. The zero-order valence-corrected chi connectivity index (χ0v) is 11.5. The van der Waals surface area contributed by atoms with Crippen molar-refractivity contribution in [2.45, 2.75) is 24.1 Å². The Hall–Kier alpha value is -1.52. The molecule has 0 amide bonds. The van der Waals surface area contributed by atoms with Gasteiger partial charge in [-0.1, -0.05) is 30.3 Å². The van der Waals surface area contributed by atoms with Crippen LogP contribution >= 0.6 is 0 Å². The van der Waals surface area contributed by atoms with Crippen molar-refractivity contribution in [2.24, 2.45) is 5.73 Å². The maximum Gasteiger partial charge on any atom is 0.139 e. The zero-order valence-electron chi connectivity index (χ0n) is 10.7. The van der Waals surface area contributed by atoms with E-state index in [1.54, 1.807) is 18.2 Å². The molecule has 1 unspecified atom stereocenters. The predicted molar refractivity (Wildman–Crippen MR) is 75.6 cm³/mol. The molecule has 2 aromatic rings. The lowest BCUT2D eigenvalue weighted by atomic mass is 10.1. The summed E-state index contributed by atoms with van der Waals surface area (Å²) >= 11 is 0. The average Bonchev–Trinajstić information content (AvgIpc) is 2.41. The van der Waals surface area contributed by atoms with Gasteiger partial charge in [0.15, 0.2) is 0 Å². The summed E-state index contributed by atoms with van der Waals surface area (Å²) in [6.07, 6.45) is 0. The summed E-state index contributed by atoms with van der Waals surface area (Å²) in [5, 5.41) is 0. The van der Waals surface area contributed by atoms with Crippen molar-refractivity contribution >= 4 is 10.8 Å². The van der Waals surface area contributed by atoms with E-state index in [0.717, 1.165) is 16.7 Å². The molecule has 0 bridgehead atoms. The van der Waals surface area contributed by atoms with Crippen LogP contribution in [0, 0.1) is 12.7 Å². The normalized spacial score (nSPS) is 12.4. The van der Waals surface area contributed by atoms with Crippen molar-refractivity contribution in [1.82, 2.24) is 0 Å². The Morgan fingerprint density at radius 1 is 1.21 bits per heavy atom. The molecule has 100 valence electrons. The number of halogens is 1. The lowest BCUT2D eigenvalue weighted by Crippen LogP contribution is -2.02. The Morgan fingerprint density at radius 2 is 1.95 bits per heavy atom. The van der Waals surface area contributed by atoms with Crippen LogP contribution in [-0.4, -0.2) is 4.21 Å². The molecule has 0 spiro atoms. The Kier molecular flexibility index (Phi) is 4.45. The Labute approximate surface area is 114 Å². The van der Waals surface area contributed by atoms with E-state index >= 15 is 0 Å². The summed E-state index contributed by atoms with van der Waals surface area (Å²) in [6, 6.07) is 12.0. The van der Waals surface area contributed by atoms with Gasteiger partial charge in [0.2, 0.25) is 0 Å². The van der Waals surface area contributed by atoms with Gasteiger partial charge in [-0.15, -0.1) is 0 Å². The average molecular weight is 277 g/mol. The first kappa shape index (κ1) is 13.9. The van der Waals surface area contributed by atoms with Gasteiger partial charge in [0, 0.05) is 6.54 Å². The van der Waals surface area contributed by atoms with E-state index < -0.39 is 16.6 Å². The minimum absolute atomic E-state index is 0.254. The molecule has 19 heavy (non-hydrogen) atoms. The van der Waals surface area contributed by atoms with Crippen LogP contribution < -0.4 is 5.73 Å². The minimum atomic E-state index is -1.37. The van der Waals surface area contributed by atoms with Gasteiger partial charge in [0.25, 0.3) is 0 Å². The highest BCUT2D eigenvalue weighted by molar-refractivity contribution is 7.84. The molecule has 2 nitrogen and oxygen atoms in total. The van der Waals surface area contributed by atoms with Crippen molar-refractivity contribution in [3.63, 3.8) is 0 Å². The molecule has 0 heterocycles. The molecule has 0 aliphatic carbocycles. The number of hydrogen-bond acceptors (Lipinski definition) is 2. The van der Waals surface area contributed by atoms with Crippen molar-refractivity contribution in [1.29, 1.82) is 0 Å².